The summed E-state index contributed by atoms with van der Waals surface area (Å²) in [6.45, 7) is 6.24. The molecule has 3 heteroatoms. The number of nitrogens with zero attached hydrogens (tertiary/aromatic N) is 1. The van der Waals surface area contributed by atoms with Gasteiger partial charge in [0.15, 0.2) is 5.78 Å². The largest absolute Gasteiger partial charge is 0.294 e. The molecule has 0 N–H and O–H groups in total. The molecule has 0 saturated heterocycles. The van der Waals surface area contributed by atoms with Crippen LogP contribution in [0.4, 0.5) is 5.69 Å². The minimum absolute atomic E-state index is 0.0717. The summed E-state index contributed by atoms with van der Waals surface area (Å²) in [5.41, 5.74) is 4.59. The standard InChI is InChI=1S/C24H25NO2/c1-16-9-7-8-12-19(16)25-20-14-24(2,3)15-21(26)23(20)18(13-22(25)27)17-10-5-4-6-11-17/h4-12,18H,13-15H2,1-3H3. The summed E-state index contributed by atoms with van der Waals surface area (Å²) in [5.74, 6) is 0.112. The third kappa shape index (κ3) is 3.12. The van der Waals surface area contributed by atoms with Crippen molar-refractivity contribution in [3.63, 3.8) is 0 Å². The lowest BCUT2D eigenvalue weighted by Gasteiger charge is -2.43. The second-order valence-electron chi connectivity index (χ2n) is 8.48. The molecule has 2 aromatic rings. The molecule has 1 unspecified atom stereocenters. The highest BCUT2D eigenvalue weighted by Gasteiger charge is 2.44. The van der Waals surface area contributed by atoms with Crippen molar-refractivity contribution in [2.24, 2.45) is 5.41 Å². The number of anilines is 1. The average Bonchev–Trinajstić information content (AvgIpc) is 2.62. The van der Waals surface area contributed by atoms with Gasteiger partial charge in [-0.05, 0) is 36.0 Å². The summed E-state index contributed by atoms with van der Waals surface area (Å²) >= 11 is 0. The molecule has 1 heterocycles. The van der Waals surface area contributed by atoms with E-state index in [0.29, 0.717) is 12.8 Å². The van der Waals surface area contributed by atoms with Crippen molar-refractivity contribution in [1.82, 2.24) is 0 Å². The molecular weight excluding hydrogens is 334 g/mol. The van der Waals surface area contributed by atoms with Crippen LogP contribution >= 0.6 is 0 Å². The first-order valence-corrected chi connectivity index (χ1v) is 9.57. The van der Waals surface area contributed by atoms with E-state index in [4.69, 9.17) is 0 Å². The van der Waals surface area contributed by atoms with Gasteiger partial charge in [-0.1, -0.05) is 62.4 Å². The van der Waals surface area contributed by atoms with Crippen molar-refractivity contribution in [3.8, 4) is 0 Å². The number of carbonyl (C=O) groups excluding carboxylic acids is 2. The molecular formula is C24H25NO2. The third-order valence-corrected chi connectivity index (χ3v) is 5.70. The molecule has 0 aromatic heterocycles. The van der Waals surface area contributed by atoms with Gasteiger partial charge in [-0.15, -0.1) is 0 Å². The average molecular weight is 359 g/mol. The predicted molar refractivity (Wildman–Crippen MR) is 108 cm³/mol. The fraction of sp³-hybridized carbons (Fsp3) is 0.333. The van der Waals surface area contributed by atoms with E-state index in [2.05, 4.69) is 13.8 Å². The van der Waals surface area contributed by atoms with Crippen molar-refractivity contribution in [1.29, 1.82) is 0 Å². The summed E-state index contributed by atoms with van der Waals surface area (Å²) in [5, 5.41) is 0. The fourth-order valence-corrected chi connectivity index (χ4v) is 4.48. The minimum Gasteiger partial charge on any atom is -0.294 e. The zero-order valence-corrected chi connectivity index (χ0v) is 16.2. The number of Topliss-reactive ketones (excluding diaryl/α,β-unsaturated/α-hetero) is 1. The van der Waals surface area contributed by atoms with E-state index in [1.165, 1.54) is 0 Å². The maximum absolute atomic E-state index is 13.3. The van der Waals surface area contributed by atoms with Crippen LogP contribution in [0.25, 0.3) is 0 Å². The van der Waals surface area contributed by atoms with Gasteiger partial charge in [-0.2, -0.15) is 0 Å². The second-order valence-corrected chi connectivity index (χ2v) is 8.48. The van der Waals surface area contributed by atoms with Crippen molar-refractivity contribution >= 4 is 17.4 Å². The van der Waals surface area contributed by atoms with Crippen LogP contribution in [0.3, 0.4) is 0 Å². The minimum atomic E-state index is -0.143. The highest BCUT2D eigenvalue weighted by atomic mass is 16.2. The van der Waals surface area contributed by atoms with Gasteiger partial charge in [0.25, 0.3) is 0 Å². The number of benzene rings is 2. The normalized spacial score (nSPS) is 22.0. The van der Waals surface area contributed by atoms with E-state index in [0.717, 1.165) is 34.5 Å². The Balaban J connectivity index is 1.92. The number of aryl methyl sites for hydroxylation is 1. The quantitative estimate of drug-likeness (QED) is 0.743. The molecule has 0 radical (unpaired) electrons. The van der Waals surface area contributed by atoms with E-state index < -0.39 is 0 Å². The zero-order valence-electron chi connectivity index (χ0n) is 16.2. The SMILES string of the molecule is Cc1ccccc1N1C(=O)CC(c2ccccc2)C2=C1CC(C)(C)CC2=O. The van der Waals surface area contributed by atoms with Gasteiger partial charge in [0.2, 0.25) is 5.91 Å². The van der Waals surface area contributed by atoms with Gasteiger partial charge in [-0.3, -0.25) is 14.5 Å². The third-order valence-electron chi connectivity index (χ3n) is 5.70. The van der Waals surface area contributed by atoms with Crippen LogP contribution in [0.5, 0.6) is 0 Å². The Hall–Kier alpha value is -2.68. The Morgan fingerprint density at radius 1 is 0.926 bits per heavy atom. The van der Waals surface area contributed by atoms with E-state index >= 15 is 0 Å². The van der Waals surface area contributed by atoms with Gasteiger partial charge in [0.1, 0.15) is 0 Å². The number of hydrogen-bond acceptors (Lipinski definition) is 2. The van der Waals surface area contributed by atoms with Crippen LogP contribution in [-0.4, -0.2) is 11.7 Å². The first kappa shape index (κ1) is 17.7. The van der Waals surface area contributed by atoms with Crippen LogP contribution in [0, 0.1) is 12.3 Å². The summed E-state index contributed by atoms with van der Waals surface area (Å²) in [4.78, 5) is 28.3. The fourth-order valence-electron chi connectivity index (χ4n) is 4.48. The van der Waals surface area contributed by atoms with Crippen molar-refractivity contribution < 1.29 is 9.59 Å². The summed E-state index contributed by atoms with van der Waals surface area (Å²) in [7, 11) is 0. The van der Waals surface area contributed by atoms with Crippen molar-refractivity contribution in [2.75, 3.05) is 4.90 Å². The molecule has 1 atom stereocenters. The number of allylic oxidation sites excluding steroid dienone is 2. The molecule has 2 aliphatic rings. The van der Waals surface area contributed by atoms with E-state index in [9.17, 15) is 9.59 Å². The number of carbonyl (C=O) groups is 2. The molecule has 1 amide bonds. The van der Waals surface area contributed by atoms with E-state index in [-0.39, 0.29) is 23.0 Å². The van der Waals surface area contributed by atoms with Crippen LogP contribution in [0.15, 0.2) is 65.9 Å². The van der Waals surface area contributed by atoms with Gasteiger partial charge < -0.3 is 0 Å². The Bertz CT molecular complexity index is 940. The topological polar surface area (TPSA) is 37.4 Å². The predicted octanol–water partition coefficient (Wildman–Crippen LogP) is 5.16. The number of rotatable bonds is 2. The Labute approximate surface area is 160 Å². The lowest BCUT2D eigenvalue weighted by Crippen LogP contribution is -2.44. The first-order valence-electron chi connectivity index (χ1n) is 9.57. The number of hydrogen-bond donors (Lipinski definition) is 0. The van der Waals surface area contributed by atoms with Crippen LogP contribution in [-0.2, 0) is 9.59 Å². The Kier molecular flexibility index (Phi) is 4.26. The molecule has 0 bridgehead atoms. The number of ketones is 1. The van der Waals surface area contributed by atoms with Gasteiger partial charge in [0.05, 0.1) is 5.69 Å². The molecule has 1 aliphatic carbocycles. The van der Waals surface area contributed by atoms with E-state index in [1.54, 1.807) is 0 Å². The van der Waals surface area contributed by atoms with Gasteiger partial charge in [0, 0.05) is 30.0 Å². The smallest absolute Gasteiger partial charge is 0.232 e. The molecule has 0 fully saturated rings. The molecule has 3 nitrogen and oxygen atoms in total. The lowest BCUT2D eigenvalue weighted by molar-refractivity contribution is -0.121. The Morgan fingerprint density at radius 2 is 1.59 bits per heavy atom. The molecule has 4 rings (SSSR count). The molecule has 0 saturated carbocycles. The summed E-state index contributed by atoms with van der Waals surface area (Å²) in [6, 6.07) is 17.9. The molecule has 138 valence electrons. The second kappa shape index (κ2) is 6.49. The van der Waals surface area contributed by atoms with Crippen molar-refractivity contribution in [2.45, 2.75) is 46.0 Å². The molecule has 2 aromatic carbocycles. The number of para-hydroxylation sites is 1. The van der Waals surface area contributed by atoms with Crippen LogP contribution < -0.4 is 4.90 Å². The summed E-state index contributed by atoms with van der Waals surface area (Å²) < 4.78 is 0. The highest BCUT2D eigenvalue weighted by molar-refractivity contribution is 6.08. The highest BCUT2D eigenvalue weighted by Crippen LogP contribution is 2.48. The Morgan fingerprint density at radius 3 is 2.30 bits per heavy atom. The molecule has 27 heavy (non-hydrogen) atoms. The summed E-state index contributed by atoms with van der Waals surface area (Å²) in [6.07, 6.45) is 1.60. The van der Waals surface area contributed by atoms with Gasteiger partial charge >= 0.3 is 0 Å². The maximum atomic E-state index is 13.3. The molecule has 1 aliphatic heterocycles. The van der Waals surface area contributed by atoms with Crippen LogP contribution in [0.1, 0.15) is 50.2 Å². The monoisotopic (exact) mass is 359 g/mol. The molecule has 0 spiro atoms. The zero-order chi connectivity index (χ0) is 19.2. The van der Waals surface area contributed by atoms with E-state index in [1.807, 2.05) is 66.4 Å². The first-order chi connectivity index (χ1) is 12.9. The van der Waals surface area contributed by atoms with Gasteiger partial charge in [-0.25, -0.2) is 0 Å². The van der Waals surface area contributed by atoms with Crippen LogP contribution in [0.2, 0.25) is 0 Å². The lowest BCUT2D eigenvalue weighted by atomic mass is 9.69. The maximum Gasteiger partial charge on any atom is 0.232 e. The number of amides is 1. The van der Waals surface area contributed by atoms with Crippen molar-refractivity contribution in [3.05, 3.63) is 77.0 Å².